The third-order valence-corrected chi connectivity index (χ3v) is 4.96. The highest BCUT2D eigenvalue weighted by molar-refractivity contribution is 7.10. The molecule has 1 aromatic rings. The standard InChI is InChI=1S/C11H12ClF2NOS/c12-15-4-2-10(3-5-15)9-8(1-6-17-9)11(13,14)7-16-10/h1,6H,2-5,7H2. The molecule has 0 unspecified atom stereocenters. The van der Waals surface area contributed by atoms with E-state index in [1.165, 1.54) is 17.4 Å². The van der Waals surface area contributed by atoms with Gasteiger partial charge in [0.1, 0.15) is 12.2 Å². The van der Waals surface area contributed by atoms with E-state index in [-0.39, 0.29) is 5.56 Å². The summed E-state index contributed by atoms with van der Waals surface area (Å²) in [5, 5.41) is 1.72. The van der Waals surface area contributed by atoms with Crippen molar-refractivity contribution in [3.05, 3.63) is 21.9 Å². The van der Waals surface area contributed by atoms with Crippen LogP contribution in [-0.2, 0) is 16.3 Å². The molecule has 0 saturated carbocycles. The van der Waals surface area contributed by atoms with Crippen LogP contribution in [0.5, 0.6) is 0 Å². The first-order valence-electron chi connectivity index (χ1n) is 5.54. The monoisotopic (exact) mass is 279 g/mol. The molecule has 0 aromatic carbocycles. The van der Waals surface area contributed by atoms with Crippen LogP contribution in [0.4, 0.5) is 8.78 Å². The Morgan fingerprint density at radius 3 is 2.76 bits per heavy atom. The van der Waals surface area contributed by atoms with Crippen LogP contribution in [0.15, 0.2) is 11.4 Å². The van der Waals surface area contributed by atoms with Crippen molar-refractivity contribution in [1.29, 1.82) is 0 Å². The molecule has 2 aliphatic rings. The van der Waals surface area contributed by atoms with E-state index in [0.29, 0.717) is 30.8 Å². The lowest BCUT2D eigenvalue weighted by atomic mass is 9.85. The van der Waals surface area contributed by atoms with Crippen LogP contribution < -0.4 is 0 Å². The maximum Gasteiger partial charge on any atom is 0.297 e. The number of hydrogen-bond acceptors (Lipinski definition) is 3. The average Bonchev–Trinajstić information content (AvgIpc) is 2.79. The Bertz CT molecular complexity index is 429. The molecular weight excluding hydrogens is 268 g/mol. The zero-order chi connectivity index (χ0) is 12.1. The van der Waals surface area contributed by atoms with Gasteiger partial charge in [0.25, 0.3) is 5.92 Å². The maximum atomic E-state index is 13.7. The molecule has 94 valence electrons. The van der Waals surface area contributed by atoms with Crippen LogP contribution in [-0.4, -0.2) is 24.1 Å². The summed E-state index contributed by atoms with van der Waals surface area (Å²) in [6.07, 6.45) is 1.36. The van der Waals surface area contributed by atoms with Gasteiger partial charge in [-0.1, -0.05) is 0 Å². The van der Waals surface area contributed by atoms with E-state index >= 15 is 0 Å². The molecular formula is C11H12ClF2NOS. The molecule has 2 nitrogen and oxygen atoms in total. The molecule has 0 atom stereocenters. The van der Waals surface area contributed by atoms with Crippen LogP contribution in [0.25, 0.3) is 0 Å². The van der Waals surface area contributed by atoms with Crippen molar-refractivity contribution in [2.24, 2.45) is 0 Å². The highest BCUT2D eigenvalue weighted by atomic mass is 35.5. The van der Waals surface area contributed by atoms with Gasteiger partial charge in [-0.3, -0.25) is 0 Å². The van der Waals surface area contributed by atoms with Crippen molar-refractivity contribution in [3.8, 4) is 0 Å². The molecule has 3 rings (SSSR count). The lowest BCUT2D eigenvalue weighted by Crippen LogP contribution is -2.46. The van der Waals surface area contributed by atoms with Gasteiger partial charge >= 0.3 is 0 Å². The van der Waals surface area contributed by atoms with Crippen LogP contribution in [0.2, 0.25) is 0 Å². The van der Waals surface area contributed by atoms with Gasteiger partial charge < -0.3 is 4.74 Å². The summed E-state index contributed by atoms with van der Waals surface area (Å²) in [5.74, 6) is -2.85. The maximum absolute atomic E-state index is 13.7. The predicted molar refractivity (Wildman–Crippen MR) is 62.5 cm³/mol. The van der Waals surface area contributed by atoms with E-state index in [0.717, 1.165) is 0 Å². The van der Waals surface area contributed by atoms with E-state index in [2.05, 4.69) is 0 Å². The molecule has 0 aliphatic carbocycles. The Morgan fingerprint density at radius 2 is 2.06 bits per heavy atom. The Hall–Kier alpha value is -0.230. The molecule has 0 N–H and O–H groups in total. The quantitative estimate of drug-likeness (QED) is 0.676. The predicted octanol–water partition coefficient (Wildman–Crippen LogP) is 3.32. The fourth-order valence-corrected chi connectivity index (χ4v) is 3.87. The second-order valence-electron chi connectivity index (χ2n) is 4.56. The summed E-state index contributed by atoms with van der Waals surface area (Å²) in [6.45, 7) is 0.827. The van der Waals surface area contributed by atoms with Crippen LogP contribution in [0.1, 0.15) is 23.3 Å². The SMILES string of the molecule is FC1(F)COC2(CCN(Cl)CC2)c2sccc21. The van der Waals surface area contributed by atoms with Gasteiger partial charge in [0.2, 0.25) is 0 Å². The fraction of sp³-hybridized carbons (Fsp3) is 0.636. The minimum absolute atomic E-state index is 0.150. The highest BCUT2D eigenvalue weighted by Crippen LogP contribution is 2.50. The van der Waals surface area contributed by atoms with E-state index in [4.69, 9.17) is 16.5 Å². The summed E-state index contributed by atoms with van der Waals surface area (Å²) >= 11 is 7.28. The summed E-state index contributed by atoms with van der Waals surface area (Å²) < 4.78 is 34.6. The van der Waals surface area contributed by atoms with Crippen molar-refractivity contribution in [1.82, 2.24) is 4.42 Å². The molecule has 1 spiro atoms. The first-order chi connectivity index (χ1) is 8.04. The van der Waals surface area contributed by atoms with Gasteiger partial charge in [-0.15, -0.1) is 11.3 Å². The topological polar surface area (TPSA) is 12.5 Å². The Morgan fingerprint density at radius 1 is 1.35 bits per heavy atom. The summed E-state index contributed by atoms with van der Waals surface area (Å²) in [7, 11) is 0. The van der Waals surface area contributed by atoms with Crippen LogP contribution in [0, 0.1) is 0 Å². The van der Waals surface area contributed by atoms with E-state index in [1.54, 1.807) is 9.80 Å². The van der Waals surface area contributed by atoms with Gasteiger partial charge in [-0.25, -0.2) is 4.42 Å². The Labute approximate surface area is 107 Å². The highest BCUT2D eigenvalue weighted by Gasteiger charge is 2.50. The third-order valence-electron chi connectivity index (χ3n) is 3.52. The zero-order valence-corrected chi connectivity index (χ0v) is 10.7. The molecule has 1 saturated heterocycles. The number of ether oxygens (including phenoxy) is 1. The van der Waals surface area contributed by atoms with Crippen molar-refractivity contribution in [2.75, 3.05) is 19.7 Å². The lowest BCUT2D eigenvalue weighted by molar-refractivity contribution is -0.178. The largest absolute Gasteiger partial charge is 0.363 e. The third kappa shape index (κ3) is 1.80. The normalized spacial score (nSPS) is 27.0. The number of thiophene rings is 1. The first kappa shape index (κ1) is 11.8. The van der Waals surface area contributed by atoms with Crippen molar-refractivity contribution in [3.63, 3.8) is 0 Å². The molecule has 0 radical (unpaired) electrons. The van der Waals surface area contributed by atoms with Gasteiger partial charge in [-0.05, 0) is 36.1 Å². The molecule has 3 heterocycles. The van der Waals surface area contributed by atoms with Gasteiger partial charge in [0.05, 0.1) is 0 Å². The molecule has 6 heteroatoms. The number of alkyl halides is 2. The average molecular weight is 280 g/mol. The zero-order valence-electron chi connectivity index (χ0n) is 9.09. The van der Waals surface area contributed by atoms with Gasteiger partial charge in [-0.2, -0.15) is 8.78 Å². The minimum atomic E-state index is -2.85. The summed E-state index contributed by atoms with van der Waals surface area (Å²) in [4.78, 5) is 0.693. The number of fused-ring (bicyclic) bond motifs is 2. The molecule has 0 amide bonds. The van der Waals surface area contributed by atoms with Crippen molar-refractivity contribution >= 4 is 23.1 Å². The minimum Gasteiger partial charge on any atom is -0.363 e. The lowest BCUT2D eigenvalue weighted by Gasteiger charge is -2.43. The van der Waals surface area contributed by atoms with Gasteiger partial charge in [0, 0.05) is 23.5 Å². The molecule has 1 fully saturated rings. The van der Waals surface area contributed by atoms with Gasteiger partial charge in [0.15, 0.2) is 0 Å². The van der Waals surface area contributed by atoms with E-state index in [1.807, 2.05) is 0 Å². The van der Waals surface area contributed by atoms with E-state index in [9.17, 15) is 8.78 Å². The van der Waals surface area contributed by atoms with Crippen LogP contribution >= 0.6 is 23.1 Å². The Balaban J connectivity index is 2.00. The summed E-state index contributed by atoms with van der Waals surface area (Å²) in [5.41, 5.74) is -0.381. The second-order valence-corrected chi connectivity index (χ2v) is 5.95. The number of nitrogens with zero attached hydrogens (tertiary/aromatic N) is 1. The Kier molecular flexibility index (Phi) is 2.70. The molecule has 17 heavy (non-hydrogen) atoms. The first-order valence-corrected chi connectivity index (χ1v) is 6.76. The number of piperidine rings is 1. The molecule has 2 aliphatic heterocycles. The smallest absolute Gasteiger partial charge is 0.297 e. The number of hydrogen-bond donors (Lipinski definition) is 0. The number of rotatable bonds is 0. The fourth-order valence-electron chi connectivity index (χ4n) is 2.53. The molecule has 0 bridgehead atoms. The summed E-state index contributed by atoms with van der Waals surface area (Å²) in [6, 6.07) is 1.53. The molecule has 1 aromatic heterocycles. The van der Waals surface area contributed by atoms with Crippen LogP contribution in [0.3, 0.4) is 0 Å². The van der Waals surface area contributed by atoms with E-state index < -0.39 is 18.1 Å². The number of halogens is 3. The van der Waals surface area contributed by atoms with Crippen molar-refractivity contribution < 1.29 is 13.5 Å². The van der Waals surface area contributed by atoms with Crippen molar-refractivity contribution in [2.45, 2.75) is 24.4 Å². The second kappa shape index (κ2) is 3.88.